The Kier molecular flexibility index (Phi) is 2.56. The zero-order chi connectivity index (χ0) is 13.4. The number of hydrogen-bond donors (Lipinski definition) is 2. The Hall–Kier alpha value is -2.63. The Morgan fingerprint density at radius 3 is 2.74 bits per heavy atom. The number of anilines is 1. The predicted molar refractivity (Wildman–Crippen MR) is 70.3 cm³/mol. The number of aromatic nitrogens is 4. The molecule has 0 amide bonds. The van der Waals surface area contributed by atoms with Crippen LogP contribution in [0.1, 0.15) is 5.82 Å². The summed E-state index contributed by atoms with van der Waals surface area (Å²) in [5, 5.41) is 6.58. The first-order valence-corrected chi connectivity index (χ1v) is 5.76. The molecule has 0 saturated heterocycles. The lowest BCUT2D eigenvalue weighted by atomic mass is 10.1. The van der Waals surface area contributed by atoms with Crippen molar-refractivity contribution in [2.24, 2.45) is 0 Å². The topological polar surface area (TPSA) is 72.5 Å². The summed E-state index contributed by atoms with van der Waals surface area (Å²) in [6.45, 7) is 1.82. The Bertz CT molecular complexity index is 728. The monoisotopic (exact) mass is 257 g/mol. The van der Waals surface area contributed by atoms with Gasteiger partial charge in [0, 0.05) is 24.0 Å². The molecule has 0 radical (unpaired) electrons. The zero-order valence-electron chi connectivity index (χ0n) is 10.3. The van der Waals surface area contributed by atoms with E-state index in [4.69, 9.17) is 5.73 Å². The Morgan fingerprint density at radius 2 is 2.16 bits per heavy atom. The number of halogens is 1. The second-order valence-electron chi connectivity index (χ2n) is 4.22. The molecule has 6 heteroatoms. The number of nitrogens with zero attached hydrogens (tertiary/aromatic N) is 3. The number of aromatic amines is 1. The van der Waals surface area contributed by atoms with Crippen LogP contribution in [0.5, 0.6) is 0 Å². The lowest BCUT2D eigenvalue weighted by Gasteiger charge is -2.07. The highest BCUT2D eigenvalue weighted by atomic mass is 19.1. The second-order valence-corrected chi connectivity index (χ2v) is 4.22. The van der Waals surface area contributed by atoms with E-state index in [0.717, 1.165) is 5.82 Å². The van der Waals surface area contributed by atoms with Gasteiger partial charge in [0.2, 0.25) is 0 Å². The third-order valence-electron chi connectivity index (χ3n) is 2.94. The molecule has 0 fully saturated rings. The van der Waals surface area contributed by atoms with Crippen LogP contribution in [-0.4, -0.2) is 19.7 Å². The first-order valence-electron chi connectivity index (χ1n) is 5.76. The molecular weight excluding hydrogens is 245 g/mol. The Balaban J connectivity index is 2.06. The van der Waals surface area contributed by atoms with Crippen LogP contribution >= 0.6 is 0 Å². The standard InChI is InChI=1S/C13H12FN5/c1-8-16-4-5-19(8)12-3-2-9(6-10(12)14)11-7-13(15)18-17-11/h2-7H,1H3,(H3,15,17,18). The maximum atomic E-state index is 14.2. The van der Waals surface area contributed by atoms with Crippen LogP contribution in [0.15, 0.2) is 36.7 Å². The van der Waals surface area contributed by atoms with Gasteiger partial charge in [-0.3, -0.25) is 5.10 Å². The lowest BCUT2D eigenvalue weighted by molar-refractivity contribution is 0.617. The van der Waals surface area contributed by atoms with Crippen LogP contribution in [0.25, 0.3) is 16.9 Å². The molecule has 5 nitrogen and oxygen atoms in total. The van der Waals surface area contributed by atoms with E-state index >= 15 is 0 Å². The van der Waals surface area contributed by atoms with Gasteiger partial charge in [-0.05, 0) is 19.1 Å². The van der Waals surface area contributed by atoms with Gasteiger partial charge in [0.25, 0.3) is 0 Å². The highest BCUT2D eigenvalue weighted by Gasteiger charge is 2.09. The van der Waals surface area contributed by atoms with E-state index in [-0.39, 0.29) is 5.82 Å². The van der Waals surface area contributed by atoms with Gasteiger partial charge < -0.3 is 10.3 Å². The third-order valence-corrected chi connectivity index (χ3v) is 2.94. The number of hydrogen-bond acceptors (Lipinski definition) is 3. The molecule has 0 spiro atoms. The molecule has 2 aromatic heterocycles. The first kappa shape index (κ1) is 11.5. The molecule has 2 heterocycles. The first-order chi connectivity index (χ1) is 9.15. The average Bonchev–Trinajstić information content (AvgIpc) is 2.98. The van der Waals surface area contributed by atoms with Crippen LogP contribution in [0, 0.1) is 12.7 Å². The summed E-state index contributed by atoms with van der Waals surface area (Å²) in [6.07, 6.45) is 3.36. The van der Waals surface area contributed by atoms with E-state index in [1.807, 2.05) is 13.0 Å². The maximum absolute atomic E-state index is 14.2. The molecule has 3 rings (SSSR count). The summed E-state index contributed by atoms with van der Waals surface area (Å²) in [6, 6.07) is 6.62. The fraction of sp³-hybridized carbons (Fsp3) is 0.0769. The quantitative estimate of drug-likeness (QED) is 0.739. The number of imidazole rings is 1. The number of nitrogen functional groups attached to an aromatic ring is 1. The van der Waals surface area contributed by atoms with E-state index in [0.29, 0.717) is 22.8 Å². The highest BCUT2D eigenvalue weighted by molar-refractivity contribution is 5.63. The second kappa shape index (κ2) is 4.24. The number of rotatable bonds is 2. The predicted octanol–water partition coefficient (Wildman–Crippen LogP) is 2.29. The summed E-state index contributed by atoms with van der Waals surface area (Å²) >= 11 is 0. The fourth-order valence-corrected chi connectivity index (χ4v) is 1.99. The average molecular weight is 257 g/mol. The normalized spacial score (nSPS) is 10.8. The molecule has 0 aliphatic rings. The van der Waals surface area contributed by atoms with Crippen LogP contribution in [0.2, 0.25) is 0 Å². The van der Waals surface area contributed by atoms with Crippen molar-refractivity contribution in [2.45, 2.75) is 6.92 Å². The SMILES string of the molecule is Cc1nccn1-c1ccc(-c2cc(N)n[nH]2)cc1F. The third kappa shape index (κ3) is 1.97. The molecule has 1 aromatic carbocycles. The van der Waals surface area contributed by atoms with Crippen molar-refractivity contribution in [2.75, 3.05) is 5.73 Å². The molecule has 19 heavy (non-hydrogen) atoms. The molecule has 0 aliphatic heterocycles. The molecule has 0 atom stereocenters. The summed E-state index contributed by atoms with van der Waals surface area (Å²) in [5.41, 5.74) is 7.38. The molecule has 0 bridgehead atoms. The minimum absolute atomic E-state index is 0.327. The number of nitrogens with two attached hydrogens (primary N) is 1. The minimum Gasteiger partial charge on any atom is -0.382 e. The van der Waals surface area contributed by atoms with Crippen LogP contribution in [0.3, 0.4) is 0 Å². The van der Waals surface area contributed by atoms with Crippen LogP contribution in [-0.2, 0) is 0 Å². The van der Waals surface area contributed by atoms with E-state index in [1.165, 1.54) is 6.07 Å². The molecule has 3 N–H and O–H groups in total. The van der Waals surface area contributed by atoms with Gasteiger partial charge >= 0.3 is 0 Å². The number of nitrogens with one attached hydrogen (secondary N) is 1. The largest absolute Gasteiger partial charge is 0.382 e. The summed E-state index contributed by atoms with van der Waals surface area (Å²) in [4.78, 5) is 4.08. The molecular formula is C13H12FN5. The van der Waals surface area contributed by atoms with E-state index < -0.39 is 0 Å². The van der Waals surface area contributed by atoms with Crippen molar-refractivity contribution in [3.63, 3.8) is 0 Å². The van der Waals surface area contributed by atoms with Gasteiger partial charge in [-0.25, -0.2) is 9.37 Å². The van der Waals surface area contributed by atoms with Crippen molar-refractivity contribution in [3.05, 3.63) is 48.3 Å². The fourth-order valence-electron chi connectivity index (χ4n) is 1.99. The van der Waals surface area contributed by atoms with Crippen molar-refractivity contribution >= 4 is 5.82 Å². The van der Waals surface area contributed by atoms with Crippen molar-refractivity contribution in [1.29, 1.82) is 0 Å². The van der Waals surface area contributed by atoms with Crippen LogP contribution < -0.4 is 5.73 Å². The molecule has 3 aromatic rings. The molecule has 0 aliphatic carbocycles. The Morgan fingerprint density at radius 1 is 1.32 bits per heavy atom. The summed E-state index contributed by atoms with van der Waals surface area (Å²) in [5.74, 6) is 0.786. The van der Waals surface area contributed by atoms with Crippen molar-refractivity contribution in [3.8, 4) is 16.9 Å². The zero-order valence-corrected chi connectivity index (χ0v) is 10.3. The van der Waals surface area contributed by atoms with Crippen molar-refractivity contribution in [1.82, 2.24) is 19.7 Å². The van der Waals surface area contributed by atoms with Gasteiger partial charge in [0.05, 0.1) is 11.4 Å². The van der Waals surface area contributed by atoms with Gasteiger partial charge in [-0.1, -0.05) is 6.07 Å². The highest BCUT2D eigenvalue weighted by Crippen LogP contribution is 2.23. The van der Waals surface area contributed by atoms with Gasteiger partial charge in [0.15, 0.2) is 0 Å². The summed E-state index contributed by atoms with van der Waals surface area (Å²) < 4.78 is 15.9. The van der Waals surface area contributed by atoms with Gasteiger partial charge in [-0.15, -0.1) is 0 Å². The molecule has 0 saturated carbocycles. The van der Waals surface area contributed by atoms with E-state index in [9.17, 15) is 4.39 Å². The molecule has 0 unspecified atom stereocenters. The lowest BCUT2D eigenvalue weighted by Crippen LogP contribution is -1.99. The smallest absolute Gasteiger partial charge is 0.147 e. The maximum Gasteiger partial charge on any atom is 0.147 e. The number of H-pyrrole nitrogens is 1. The van der Waals surface area contributed by atoms with Crippen molar-refractivity contribution < 1.29 is 4.39 Å². The van der Waals surface area contributed by atoms with E-state index in [2.05, 4.69) is 15.2 Å². The minimum atomic E-state index is -0.327. The Labute approximate surface area is 108 Å². The van der Waals surface area contributed by atoms with Gasteiger partial charge in [0.1, 0.15) is 17.5 Å². The van der Waals surface area contributed by atoms with Crippen LogP contribution in [0.4, 0.5) is 10.2 Å². The number of benzene rings is 1. The number of aryl methyl sites for hydroxylation is 1. The molecule has 96 valence electrons. The van der Waals surface area contributed by atoms with E-state index in [1.54, 1.807) is 29.1 Å². The summed E-state index contributed by atoms with van der Waals surface area (Å²) in [7, 11) is 0. The van der Waals surface area contributed by atoms with Gasteiger partial charge in [-0.2, -0.15) is 5.10 Å².